The smallest absolute Gasteiger partial charge is 0.312 e. The minimum absolute atomic E-state index is 0.137. The Morgan fingerprint density at radius 3 is 2.26 bits per heavy atom. The molecule has 0 aromatic carbocycles. The van der Waals surface area contributed by atoms with Crippen LogP contribution >= 0.6 is 0 Å². The fraction of sp³-hybridized carbons (Fsp3) is 0.739. The highest BCUT2D eigenvalue weighted by atomic mass is 16.2. The van der Waals surface area contributed by atoms with Crippen molar-refractivity contribution in [2.24, 2.45) is 17.6 Å². The average molecular weight is 482 g/mol. The number of Topliss-reactive ketones (excluding diaryl/α,β-unsaturated/α-hetero) is 1. The Bertz CT molecular complexity index is 769. The molecule has 0 aliphatic carbocycles. The van der Waals surface area contributed by atoms with Crippen LogP contribution in [-0.2, 0) is 24.0 Å². The van der Waals surface area contributed by atoms with Crippen LogP contribution < -0.4 is 21.7 Å². The highest BCUT2D eigenvalue weighted by molar-refractivity contribution is 6.03. The molecule has 0 aromatic heterocycles. The molecule has 1 saturated heterocycles. The number of rotatable bonds is 15. The van der Waals surface area contributed by atoms with Gasteiger partial charge in [0.15, 0.2) is 5.78 Å². The normalized spacial score (nSPS) is 17.4. The molecule has 0 radical (unpaired) electrons. The first-order valence-corrected chi connectivity index (χ1v) is 11.9. The molecular formula is C23H39N5O6. The third kappa shape index (κ3) is 9.88. The molecule has 0 aromatic rings. The fourth-order valence-electron chi connectivity index (χ4n) is 3.75. The van der Waals surface area contributed by atoms with Crippen molar-refractivity contribution in [2.45, 2.75) is 84.7 Å². The van der Waals surface area contributed by atoms with E-state index in [0.717, 1.165) is 0 Å². The summed E-state index contributed by atoms with van der Waals surface area (Å²) in [5.41, 5.74) is 5.01. The summed E-state index contributed by atoms with van der Waals surface area (Å²) in [6, 6.07) is -2.17. The van der Waals surface area contributed by atoms with E-state index >= 15 is 0 Å². The van der Waals surface area contributed by atoms with Gasteiger partial charge in [0, 0.05) is 31.8 Å². The van der Waals surface area contributed by atoms with E-state index < -0.39 is 24.0 Å². The zero-order chi connectivity index (χ0) is 25.8. The average Bonchev–Trinajstić information content (AvgIpc) is 2.98. The van der Waals surface area contributed by atoms with Gasteiger partial charge in [0.2, 0.25) is 23.6 Å². The quantitative estimate of drug-likeness (QED) is 0.197. The van der Waals surface area contributed by atoms with E-state index in [4.69, 9.17) is 5.73 Å². The minimum atomic E-state index is -0.792. The van der Waals surface area contributed by atoms with Gasteiger partial charge in [-0.3, -0.25) is 28.9 Å². The molecule has 5 N–H and O–H groups in total. The number of unbranched alkanes of at least 4 members (excludes halogenated alkanes) is 2. The third-order valence-corrected chi connectivity index (χ3v) is 5.80. The molecule has 11 heteroatoms. The van der Waals surface area contributed by atoms with Gasteiger partial charge in [-0.05, 0) is 38.5 Å². The van der Waals surface area contributed by atoms with E-state index in [1.54, 1.807) is 20.8 Å². The van der Waals surface area contributed by atoms with Crippen molar-refractivity contribution >= 4 is 35.4 Å². The Morgan fingerprint density at radius 1 is 1.06 bits per heavy atom. The second-order valence-electron chi connectivity index (χ2n) is 9.19. The van der Waals surface area contributed by atoms with Crippen LogP contribution in [-0.4, -0.2) is 65.5 Å². The lowest BCUT2D eigenvalue weighted by Crippen LogP contribution is -2.53. The predicted octanol–water partition coefficient (Wildman–Crippen LogP) is 0.605. The number of hydrogen-bond acceptors (Lipinski definition) is 6. The van der Waals surface area contributed by atoms with Gasteiger partial charge in [-0.15, -0.1) is 0 Å². The lowest BCUT2D eigenvalue weighted by atomic mass is 10.0. The molecule has 1 heterocycles. The Hall–Kier alpha value is -2.98. The number of nitrogens with zero attached hydrogens (tertiary/aromatic N) is 1. The Morgan fingerprint density at radius 2 is 1.74 bits per heavy atom. The first-order valence-electron chi connectivity index (χ1n) is 11.9. The second-order valence-corrected chi connectivity index (χ2v) is 9.19. The van der Waals surface area contributed by atoms with Crippen LogP contribution in [0.3, 0.4) is 0 Å². The fourth-order valence-corrected chi connectivity index (χ4v) is 3.75. The molecular weight excluding hydrogens is 442 g/mol. The maximum Gasteiger partial charge on any atom is 0.312 e. The van der Waals surface area contributed by atoms with Crippen LogP contribution in [0.2, 0.25) is 0 Å². The molecule has 1 aliphatic rings. The predicted molar refractivity (Wildman–Crippen MR) is 125 cm³/mol. The summed E-state index contributed by atoms with van der Waals surface area (Å²) in [5.74, 6) is -1.66. The first kappa shape index (κ1) is 29.1. The maximum absolute atomic E-state index is 12.8. The number of nitrogens with two attached hydrogens (primary N) is 1. The minimum Gasteiger partial charge on any atom is -0.352 e. The second kappa shape index (κ2) is 14.3. The number of carbonyl (C=O) groups is 6. The van der Waals surface area contributed by atoms with Crippen LogP contribution in [0.5, 0.6) is 0 Å². The topological polar surface area (TPSA) is 168 Å². The zero-order valence-corrected chi connectivity index (χ0v) is 20.6. The first-order chi connectivity index (χ1) is 15.9. The van der Waals surface area contributed by atoms with Gasteiger partial charge in [-0.25, -0.2) is 4.79 Å². The van der Waals surface area contributed by atoms with Crippen LogP contribution in [0.15, 0.2) is 0 Å². The largest absolute Gasteiger partial charge is 0.352 e. The molecule has 0 spiro atoms. The summed E-state index contributed by atoms with van der Waals surface area (Å²) in [7, 11) is 0. The van der Waals surface area contributed by atoms with Crippen LogP contribution in [0.4, 0.5) is 4.79 Å². The van der Waals surface area contributed by atoms with E-state index in [1.807, 2.05) is 0 Å². The lowest BCUT2D eigenvalue weighted by Gasteiger charge is -2.24. The number of nitrogens with one attached hydrogen (secondary N) is 3. The highest BCUT2D eigenvalue weighted by Gasteiger charge is 2.34. The summed E-state index contributed by atoms with van der Waals surface area (Å²) < 4.78 is 0. The lowest BCUT2D eigenvalue weighted by molar-refractivity contribution is -0.139. The van der Waals surface area contributed by atoms with Gasteiger partial charge in [0.25, 0.3) is 0 Å². The standard InChI is InChI=1S/C23H39N5O6/c1-14(2)20(21(32)26-17(16(4)29)9-8-11-25-23(24)34)27-18(30)10-6-5-7-12-28-19(31)13-15(3)22(28)33/h14-15,17,20H,5-13H2,1-4H3,(H,26,32)(H,27,30)(H3,24,25,34)/t15?,17-,20?/m0/s1. The number of primary amides is 1. The van der Waals surface area contributed by atoms with Crippen molar-refractivity contribution in [1.29, 1.82) is 0 Å². The van der Waals surface area contributed by atoms with E-state index in [-0.39, 0.29) is 48.2 Å². The maximum atomic E-state index is 12.8. The number of likely N-dealkylation sites (tertiary alicyclic amines) is 1. The molecule has 2 unspecified atom stereocenters. The van der Waals surface area contributed by atoms with Crippen LogP contribution in [0, 0.1) is 11.8 Å². The number of urea groups is 1. The summed E-state index contributed by atoms with van der Waals surface area (Å²) in [5, 5.41) is 7.87. The van der Waals surface area contributed by atoms with Gasteiger partial charge >= 0.3 is 6.03 Å². The summed E-state index contributed by atoms with van der Waals surface area (Å²) >= 11 is 0. The number of carbonyl (C=O) groups excluding carboxylic acids is 6. The molecule has 1 fully saturated rings. The van der Waals surface area contributed by atoms with Crippen LogP contribution in [0.25, 0.3) is 0 Å². The molecule has 1 rings (SSSR count). The molecule has 6 amide bonds. The third-order valence-electron chi connectivity index (χ3n) is 5.80. The number of hydrogen-bond donors (Lipinski definition) is 4. The van der Waals surface area contributed by atoms with E-state index in [0.29, 0.717) is 45.2 Å². The van der Waals surface area contributed by atoms with Crippen molar-refractivity contribution in [3.05, 3.63) is 0 Å². The van der Waals surface area contributed by atoms with Gasteiger partial charge in [0.05, 0.1) is 6.04 Å². The molecule has 34 heavy (non-hydrogen) atoms. The molecule has 1 aliphatic heterocycles. The number of imide groups is 1. The summed E-state index contributed by atoms with van der Waals surface area (Å²) in [4.78, 5) is 72.8. The summed E-state index contributed by atoms with van der Waals surface area (Å²) in [6.45, 7) is 7.37. The van der Waals surface area contributed by atoms with E-state index in [2.05, 4.69) is 16.0 Å². The molecule has 0 saturated carbocycles. The number of amides is 6. The van der Waals surface area contributed by atoms with Crippen molar-refractivity contribution in [2.75, 3.05) is 13.1 Å². The van der Waals surface area contributed by atoms with Gasteiger partial charge in [0.1, 0.15) is 6.04 Å². The van der Waals surface area contributed by atoms with Crippen molar-refractivity contribution in [3.8, 4) is 0 Å². The molecule has 3 atom stereocenters. The highest BCUT2D eigenvalue weighted by Crippen LogP contribution is 2.19. The summed E-state index contributed by atoms with van der Waals surface area (Å²) in [6.07, 6.45) is 3.12. The monoisotopic (exact) mass is 481 g/mol. The van der Waals surface area contributed by atoms with Gasteiger partial charge in [-0.1, -0.05) is 27.2 Å². The SMILES string of the molecule is CC(=O)[C@H](CCCNC(N)=O)NC(=O)C(NC(=O)CCCCCN1C(=O)CC(C)C1=O)C(C)C. The Kier molecular flexibility index (Phi) is 12.2. The van der Waals surface area contributed by atoms with Crippen molar-refractivity contribution in [1.82, 2.24) is 20.9 Å². The van der Waals surface area contributed by atoms with Gasteiger partial charge in [-0.2, -0.15) is 0 Å². The van der Waals surface area contributed by atoms with Gasteiger partial charge < -0.3 is 21.7 Å². The Balaban J connectivity index is 2.44. The van der Waals surface area contributed by atoms with Crippen molar-refractivity contribution < 1.29 is 28.8 Å². The molecule has 192 valence electrons. The molecule has 11 nitrogen and oxygen atoms in total. The van der Waals surface area contributed by atoms with Crippen molar-refractivity contribution in [3.63, 3.8) is 0 Å². The Labute approximate surface area is 200 Å². The van der Waals surface area contributed by atoms with Crippen LogP contribution in [0.1, 0.15) is 72.6 Å². The van der Waals surface area contributed by atoms with E-state index in [1.165, 1.54) is 11.8 Å². The molecule has 0 bridgehead atoms. The number of ketones is 1. The zero-order valence-electron chi connectivity index (χ0n) is 20.6. The van der Waals surface area contributed by atoms with E-state index in [9.17, 15) is 28.8 Å².